The van der Waals surface area contributed by atoms with Gasteiger partial charge in [-0.2, -0.15) is 0 Å². The average molecular weight is 864 g/mol. The lowest BCUT2D eigenvalue weighted by atomic mass is 10.0. The molecular weight excluding hydrogens is 767 g/mol. The van der Waals surface area contributed by atoms with Gasteiger partial charge in [-0.15, -0.1) is 0 Å². The average Bonchev–Trinajstić information content (AvgIpc) is 3.26. The van der Waals surface area contributed by atoms with Crippen LogP contribution in [0.3, 0.4) is 0 Å². The Morgan fingerprint density at radius 1 is 0.468 bits per heavy atom. The van der Waals surface area contributed by atoms with Crippen molar-refractivity contribution in [1.29, 1.82) is 0 Å². The van der Waals surface area contributed by atoms with E-state index in [2.05, 4.69) is 74.7 Å². The van der Waals surface area contributed by atoms with E-state index in [1.165, 1.54) is 103 Å². The molecule has 0 spiro atoms. The van der Waals surface area contributed by atoms with Crippen molar-refractivity contribution < 1.29 is 24.5 Å². The molecule has 6 heteroatoms. The Labute approximate surface area is 383 Å². The fraction of sp³-hybridized carbons (Fsp3) is 0.714. The largest absolute Gasteiger partial charge is 0.462 e. The minimum absolute atomic E-state index is 0.0348. The van der Waals surface area contributed by atoms with Crippen molar-refractivity contribution in [2.45, 2.75) is 251 Å². The Balaban J connectivity index is 4.75. The molecule has 0 radical (unpaired) electrons. The van der Waals surface area contributed by atoms with Crippen LogP contribution in [-0.2, 0) is 14.3 Å². The molecule has 0 heterocycles. The minimum atomic E-state index is -0.808. The Kier molecular flexibility index (Phi) is 46.7. The number of aliphatic hydroxyl groups is 2. The Morgan fingerprint density at radius 2 is 0.855 bits per heavy atom. The molecule has 0 saturated heterocycles. The maximum atomic E-state index is 13.2. The third-order valence-corrected chi connectivity index (χ3v) is 11.3. The Morgan fingerprint density at radius 3 is 1.34 bits per heavy atom. The van der Waals surface area contributed by atoms with Crippen LogP contribution < -0.4 is 5.32 Å². The van der Waals surface area contributed by atoms with Gasteiger partial charge in [0.05, 0.1) is 25.2 Å². The number of hydrogen-bond donors (Lipinski definition) is 3. The first-order valence-corrected chi connectivity index (χ1v) is 25.9. The van der Waals surface area contributed by atoms with E-state index in [9.17, 15) is 19.8 Å². The lowest BCUT2D eigenvalue weighted by molar-refractivity contribution is -0.151. The van der Waals surface area contributed by atoms with Crippen LogP contribution in [0.2, 0.25) is 0 Å². The molecule has 0 rings (SSSR count). The second-order valence-corrected chi connectivity index (χ2v) is 17.4. The summed E-state index contributed by atoms with van der Waals surface area (Å²) >= 11 is 0. The van der Waals surface area contributed by atoms with Crippen LogP contribution in [0, 0.1) is 0 Å². The lowest BCUT2D eigenvalue weighted by Gasteiger charge is -2.24. The van der Waals surface area contributed by atoms with Gasteiger partial charge in [0.1, 0.15) is 6.10 Å². The molecule has 0 aliphatic rings. The number of allylic oxidation sites excluding steroid dienone is 14. The second kappa shape index (κ2) is 49.1. The molecule has 356 valence electrons. The summed E-state index contributed by atoms with van der Waals surface area (Å²) in [5.74, 6) is -0.551. The summed E-state index contributed by atoms with van der Waals surface area (Å²) in [6.45, 7) is 6.36. The van der Waals surface area contributed by atoms with Gasteiger partial charge in [-0.3, -0.25) is 9.59 Å². The van der Waals surface area contributed by atoms with Crippen LogP contribution in [0.5, 0.6) is 0 Å². The lowest BCUT2D eigenvalue weighted by Crippen LogP contribution is -2.46. The van der Waals surface area contributed by atoms with Crippen LogP contribution in [0.1, 0.15) is 233 Å². The number of rotatable bonds is 45. The molecule has 0 aromatic carbocycles. The molecular formula is C56H97NO5. The molecule has 6 nitrogen and oxygen atoms in total. The normalized spacial score (nSPS) is 14.0. The highest BCUT2D eigenvalue weighted by Gasteiger charge is 2.24. The highest BCUT2D eigenvalue weighted by molar-refractivity contribution is 5.77. The number of aliphatic hydroxyl groups excluding tert-OH is 2. The number of hydrogen-bond acceptors (Lipinski definition) is 5. The van der Waals surface area contributed by atoms with Crippen LogP contribution in [0.25, 0.3) is 0 Å². The fourth-order valence-corrected chi connectivity index (χ4v) is 7.39. The van der Waals surface area contributed by atoms with Gasteiger partial charge in [0.2, 0.25) is 5.91 Å². The van der Waals surface area contributed by atoms with E-state index in [0.29, 0.717) is 19.3 Å². The van der Waals surface area contributed by atoms with E-state index in [-0.39, 0.29) is 24.9 Å². The van der Waals surface area contributed by atoms with Crippen molar-refractivity contribution in [3.63, 3.8) is 0 Å². The van der Waals surface area contributed by atoms with E-state index in [1.807, 2.05) is 36.5 Å². The summed E-state index contributed by atoms with van der Waals surface area (Å²) < 4.78 is 5.90. The molecule has 0 aromatic heterocycles. The molecule has 1 amide bonds. The Hall–Kier alpha value is -2.96. The number of esters is 1. The first kappa shape index (κ1) is 59.0. The van der Waals surface area contributed by atoms with Gasteiger partial charge >= 0.3 is 5.97 Å². The SMILES string of the molecule is CCC/C=C/C=C/C=C/C=C/C=C/CCCCCC(CC(=O)NC(CO)C(O)CCCCCCCCCCCCC)OC(=O)CCCCC/C=C/C=C/CCCCCCCCC. The number of carbonyl (C=O) groups is 2. The van der Waals surface area contributed by atoms with Crippen molar-refractivity contribution in [3.8, 4) is 0 Å². The van der Waals surface area contributed by atoms with Crippen LogP contribution in [-0.4, -0.2) is 46.9 Å². The number of unbranched alkanes of at least 4 members (excludes halogenated alkanes) is 24. The number of ether oxygens (including phenoxy) is 1. The van der Waals surface area contributed by atoms with Crippen molar-refractivity contribution in [2.24, 2.45) is 0 Å². The van der Waals surface area contributed by atoms with E-state index in [4.69, 9.17) is 4.74 Å². The van der Waals surface area contributed by atoms with E-state index in [0.717, 1.165) is 83.5 Å². The van der Waals surface area contributed by atoms with Gasteiger partial charge in [0.15, 0.2) is 0 Å². The summed E-state index contributed by atoms with van der Waals surface area (Å²) in [7, 11) is 0. The molecule has 0 bridgehead atoms. The quantitative estimate of drug-likeness (QED) is 0.0322. The molecule has 3 atom stereocenters. The topological polar surface area (TPSA) is 95.9 Å². The summed E-state index contributed by atoms with van der Waals surface area (Å²) in [5.41, 5.74) is 0. The minimum Gasteiger partial charge on any atom is -0.462 e. The smallest absolute Gasteiger partial charge is 0.306 e. The molecule has 0 aliphatic heterocycles. The van der Waals surface area contributed by atoms with E-state index < -0.39 is 18.2 Å². The molecule has 0 aliphatic carbocycles. The van der Waals surface area contributed by atoms with Crippen molar-refractivity contribution in [2.75, 3.05) is 6.61 Å². The Bertz CT molecular complexity index is 1200. The zero-order chi connectivity index (χ0) is 45.2. The first-order chi connectivity index (χ1) is 30.5. The van der Waals surface area contributed by atoms with Gasteiger partial charge in [0.25, 0.3) is 0 Å². The highest BCUT2D eigenvalue weighted by atomic mass is 16.5. The maximum Gasteiger partial charge on any atom is 0.306 e. The zero-order valence-electron chi connectivity index (χ0n) is 40.5. The van der Waals surface area contributed by atoms with Crippen LogP contribution >= 0.6 is 0 Å². The predicted octanol–water partition coefficient (Wildman–Crippen LogP) is 15.6. The fourth-order valence-electron chi connectivity index (χ4n) is 7.39. The first-order valence-electron chi connectivity index (χ1n) is 25.9. The number of amides is 1. The highest BCUT2D eigenvalue weighted by Crippen LogP contribution is 2.17. The summed E-state index contributed by atoms with van der Waals surface area (Å²) in [5, 5.41) is 23.7. The van der Waals surface area contributed by atoms with Gasteiger partial charge in [-0.25, -0.2) is 0 Å². The van der Waals surface area contributed by atoms with E-state index in [1.54, 1.807) is 0 Å². The number of carbonyl (C=O) groups excluding carboxylic acids is 2. The van der Waals surface area contributed by atoms with Gasteiger partial charge < -0.3 is 20.3 Å². The van der Waals surface area contributed by atoms with Crippen molar-refractivity contribution in [1.82, 2.24) is 5.32 Å². The molecule has 3 N–H and O–H groups in total. The second-order valence-electron chi connectivity index (χ2n) is 17.4. The molecule has 3 unspecified atom stereocenters. The predicted molar refractivity (Wildman–Crippen MR) is 268 cm³/mol. The standard InChI is InChI=1S/C56H97NO5/c1-4-7-10-13-16-19-22-24-26-28-30-33-35-38-41-44-47-52(62-56(61)49-46-43-40-37-34-31-29-27-25-23-20-17-14-11-8-5-2)50-55(60)57-53(51-58)54(59)48-45-42-39-36-32-21-18-15-12-9-6-3/h10,13,16,19,22,24,26-31,33-34,52-54,58-59H,4-9,11-12,14-15,17-18,20-21,23,25,32,35-51H2,1-3H3,(H,57,60)/b13-10+,19-16+,24-22+,28-26+,29-27+,33-30+,34-31+. The van der Waals surface area contributed by atoms with Gasteiger partial charge in [0, 0.05) is 6.42 Å². The van der Waals surface area contributed by atoms with Gasteiger partial charge in [-0.1, -0.05) is 234 Å². The van der Waals surface area contributed by atoms with Crippen molar-refractivity contribution >= 4 is 11.9 Å². The summed E-state index contributed by atoms with van der Waals surface area (Å²) in [6.07, 6.45) is 63.5. The van der Waals surface area contributed by atoms with Gasteiger partial charge in [-0.05, 0) is 70.6 Å². The number of nitrogens with one attached hydrogen (secondary N) is 1. The molecule has 62 heavy (non-hydrogen) atoms. The molecule has 0 saturated carbocycles. The maximum absolute atomic E-state index is 13.2. The van der Waals surface area contributed by atoms with E-state index >= 15 is 0 Å². The summed E-state index contributed by atoms with van der Waals surface area (Å²) in [4.78, 5) is 26.1. The molecule has 0 fully saturated rings. The summed E-state index contributed by atoms with van der Waals surface area (Å²) in [6, 6.07) is -0.725. The van der Waals surface area contributed by atoms with Crippen molar-refractivity contribution in [3.05, 3.63) is 85.1 Å². The monoisotopic (exact) mass is 864 g/mol. The third-order valence-electron chi connectivity index (χ3n) is 11.3. The molecule has 0 aromatic rings. The van der Waals surface area contributed by atoms with Crippen LogP contribution in [0.4, 0.5) is 0 Å². The zero-order valence-corrected chi connectivity index (χ0v) is 40.5. The third kappa shape index (κ3) is 43.7. The van der Waals surface area contributed by atoms with Crippen LogP contribution in [0.15, 0.2) is 85.1 Å².